The zero-order chi connectivity index (χ0) is 15.8. The first-order valence-corrected chi connectivity index (χ1v) is 7.79. The first kappa shape index (κ1) is 14.8. The van der Waals surface area contributed by atoms with Crippen molar-refractivity contribution in [3.8, 4) is 0 Å². The lowest BCUT2D eigenvalue weighted by molar-refractivity contribution is -0.0493. The second-order valence-electron chi connectivity index (χ2n) is 5.93. The number of nitrogens with two attached hydrogens (primary N) is 1. The van der Waals surface area contributed by atoms with Gasteiger partial charge in [-0.2, -0.15) is 0 Å². The molecule has 3 atom stereocenters. The van der Waals surface area contributed by atoms with Crippen LogP contribution in [0.4, 0.5) is 5.82 Å². The molecule has 0 saturated carbocycles. The SMILES string of the molecule is Nc1ncnc2c1ncn2[C@H]1C[C@H](O)[C@@H](CN2CCOCC2)O1. The predicted octanol–water partition coefficient (Wildman–Crippen LogP) is -0.611. The Bertz CT molecular complexity index is 686. The van der Waals surface area contributed by atoms with Crippen LogP contribution in [0.25, 0.3) is 11.2 Å². The van der Waals surface area contributed by atoms with Crippen molar-refractivity contribution in [3.05, 3.63) is 12.7 Å². The number of hydrogen-bond donors (Lipinski definition) is 2. The summed E-state index contributed by atoms with van der Waals surface area (Å²) >= 11 is 0. The van der Waals surface area contributed by atoms with E-state index in [0.717, 1.165) is 26.3 Å². The van der Waals surface area contributed by atoms with Crippen LogP contribution < -0.4 is 5.73 Å². The predicted molar refractivity (Wildman–Crippen MR) is 81.5 cm³/mol. The van der Waals surface area contributed by atoms with Crippen molar-refractivity contribution in [2.45, 2.75) is 24.9 Å². The van der Waals surface area contributed by atoms with Crippen molar-refractivity contribution in [2.24, 2.45) is 0 Å². The maximum Gasteiger partial charge on any atom is 0.167 e. The topological polar surface area (TPSA) is 112 Å². The van der Waals surface area contributed by atoms with Gasteiger partial charge in [0.15, 0.2) is 11.5 Å². The van der Waals surface area contributed by atoms with Gasteiger partial charge in [-0.3, -0.25) is 9.47 Å². The number of aromatic nitrogens is 4. The van der Waals surface area contributed by atoms with Gasteiger partial charge in [0.1, 0.15) is 18.1 Å². The Morgan fingerprint density at radius 2 is 2.09 bits per heavy atom. The fourth-order valence-electron chi connectivity index (χ4n) is 3.17. The van der Waals surface area contributed by atoms with Gasteiger partial charge in [-0.15, -0.1) is 0 Å². The number of aliphatic hydroxyl groups excluding tert-OH is 1. The lowest BCUT2D eigenvalue weighted by Crippen LogP contribution is -2.43. The van der Waals surface area contributed by atoms with E-state index < -0.39 is 6.10 Å². The van der Waals surface area contributed by atoms with Gasteiger partial charge >= 0.3 is 0 Å². The molecule has 2 aliphatic rings. The van der Waals surface area contributed by atoms with Gasteiger partial charge in [0.25, 0.3) is 0 Å². The van der Waals surface area contributed by atoms with Crippen molar-refractivity contribution in [3.63, 3.8) is 0 Å². The Morgan fingerprint density at radius 1 is 1.26 bits per heavy atom. The van der Waals surface area contributed by atoms with Crippen molar-refractivity contribution < 1.29 is 14.6 Å². The maximum atomic E-state index is 10.3. The third kappa shape index (κ3) is 2.76. The molecule has 124 valence electrons. The molecule has 2 aromatic heterocycles. The van der Waals surface area contributed by atoms with E-state index in [1.165, 1.54) is 6.33 Å². The summed E-state index contributed by atoms with van der Waals surface area (Å²) in [6.07, 6.45) is 2.52. The molecule has 4 rings (SSSR count). The molecule has 0 aliphatic carbocycles. The van der Waals surface area contributed by atoms with Gasteiger partial charge in [-0.1, -0.05) is 0 Å². The summed E-state index contributed by atoms with van der Waals surface area (Å²) in [5, 5.41) is 10.3. The smallest absolute Gasteiger partial charge is 0.167 e. The van der Waals surface area contributed by atoms with Crippen LogP contribution in [0.3, 0.4) is 0 Å². The fraction of sp³-hybridized carbons (Fsp3) is 0.643. The molecular weight excluding hydrogens is 300 g/mol. The summed E-state index contributed by atoms with van der Waals surface area (Å²) in [7, 11) is 0. The molecule has 2 saturated heterocycles. The van der Waals surface area contributed by atoms with Crippen LogP contribution in [0, 0.1) is 0 Å². The molecule has 0 radical (unpaired) electrons. The summed E-state index contributed by atoms with van der Waals surface area (Å²) in [4.78, 5) is 14.7. The second-order valence-corrected chi connectivity index (χ2v) is 5.93. The molecule has 0 unspecified atom stereocenters. The van der Waals surface area contributed by atoms with Crippen molar-refractivity contribution in [2.75, 3.05) is 38.6 Å². The minimum atomic E-state index is -0.514. The molecule has 2 aromatic rings. The van der Waals surface area contributed by atoms with Gasteiger partial charge in [0.2, 0.25) is 0 Å². The number of nitrogens with zero attached hydrogens (tertiary/aromatic N) is 5. The van der Waals surface area contributed by atoms with Crippen LogP contribution >= 0.6 is 0 Å². The van der Waals surface area contributed by atoms with E-state index in [9.17, 15) is 5.11 Å². The van der Waals surface area contributed by atoms with Crippen LogP contribution in [0.15, 0.2) is 12.7 Å². The third-order valence-electron chi connectivity index (χ3n) is 4.44. The molecule has 0 spiro atoms. The van der Waals surface area contributed by atoms with Gasteiger partial charge in [0.05, 0.1) is 31.7 Å². The quantitative estimate of drug-likeness (QED) is 0.770. The first-order chi connectivity index (χ1) is 11.2. The average molecular weight is 320 g/mol. The molecule has 9 nitrogen and oxygen atoms in total. The molecule has 23 heavy (non-hydrogen) atoms. The van der Waals surface area contributed by atoms with Crippen LogP contribution in [-0.2, 0) is 9.47 Å². The van der Waals surface area contributed by atoms with Crippen LogP contribution in [0.2, 0.25) is 0 Å². The number of nitrogen functional groups attached to an aromatic ring is 1. The standard InChI is InChI=1S/C14H20N6O3/c15-13-12-14(17-7-16-13)20(8-18-12)11-5-9(21)10(23-11)6-19-1-3-22-4-2-19/h7-11,21H,1-6H2,(H2,15,16,17)/t9-,10+,11+/m0/s1. The highest BCUT2D eigenvalue weighted by Crippen LogP contribution is 2.31. The Labute approximate surface area is 133 Å². The summed E-state index contributed by atoms with van der Waals surface area (Å²) in [5.74, 6) is 0.345. The Morgan fingerprint density at radius 3 is 2.91 bits per heavy atom. The van der Waals surface area contributed by atoms with E-state index >= 15 is 0 Å². The minimum Gasteiger partial charge on any atom is -0.390 e. The van der Waals surface area contributed by atoms with E-state index in [-0.39, 0.29) is 12.3 Å². The number of hydrogen-bond acceptors (Lipinski definition) is 8. The highest BCUT2D eigenvalue weighted by atomic mass is 16.5. The first-order valence-electron chi connectivity index (χ1n) is 7.79. The molecule has 0 amide bonds. The van der Waals surface area contributed by atoms with Crippen LogP contribution in [-0.4, -0.2) is 74.6 Å². The van der Waals surface area contributed by atoms with Gasteiger partial charge < -0.3 is 20.3 Å². The zero-order valence-corrected chi connectivity index (χ0v) is 12.7. The fourth-order valence-corrected chi connectivity index (χ4v) is 3.17. The summed E-state index contributed by atoms with van der Waals surface area (Å²) in [6, 6.07) is 0. The lowest BCUT2D eigenvalue weighted by Gasteiger charge is -2.29. The largest absolute Gasteiger partial charge is 0.390 e. The van der Waals surface area contributed by atoms with Crippen LogP contribution in [0.5, 0.6) is 0 Å². The van der Waals surface area contributed by atoms with E-state index in [4.69, 9.17) is 15.2 Å². The number of morpholine rings is 1. The number of imidazole rings is 1. The molecule has 0 aromatic carbocycles. The lowest BCUT2D eigenvalue weighted by atomic mass is 10.1. The number of ether oxygens (including phenoxy) is 2. The molecular formula is C14H20N6O3. The van der Waals surface area contributed by atoms with Crippen molar-refractivity contribution in [1.82, 2.24) is 24.4 Å². The Balaban J connectivity index is 1.50. The van der Waals surface area contributed by atoms with Gasteiger partial charge in [0, 0.05) is 26.1 Å². The Hall–Kier alpha value is -1.81. The molecule has 9 heteroatoms. The van der Waals surface area contributed by atoms with Gasteiger partial charge in [-0.25, -0.2) is 15.0 Å². The second kappa shape index (κ2) is 6.00. The monoisotopic (exact) mass is 320 g/mol. The highest BCUT2D eigenvalue weighted by Gasteiger charge is 2.37. The molecule has 3 N–H and O–H groups in total. The number of aliphatic hydroxyl groups is 1. The average Bonchev–Trinajstić information content (AvgIpc) is 3.13. The zero-order valence-electron chi connectivity index (χ0n) is 12.7. The normalized spacial score (nSPS) is 29.3. The van der Waals surface area contributed by atoms with E-state index in [1.807, 2.05) is 4.57 Å². The van der Waals surface area contributed by atoms with Crippen LogP contribution in [0.1, 0.15) is 12.6 Å². The third-order valence-corrected chi connectivity index (χ3v) is 4.44. The molecule has 0 bridgehead atoms. The van der Waals surface area contributed by atoms with E-state index in [0.29, 0.717) is 29.9 Å². The summed E-state index contributed by atoms with van der Waals surface area (Å²) in [6.45, 7) is 3.90. The van der Waals surface area contributed by atoms with E-state index in [2.05, 4.69) is 19.9 Å². The number of anilines is 1. The number of fused-ring (bicyclic) bond motifs is 1. The Kier molecular flexibility index (Phi) is 3.85. The highest BCUT2D eigenvalue weighted by molar-refractivity contribution is 5.81. The van der Waals surface area contributed by atoms with E-state index in [1.54, 1.807) is 6.33 Å². The van der Waals surface area contributed by atoms with Gasteiger partial charge in [-0.05, 0) is 0 Å². The van der Waals surface area contributed by atoms with Crippen molar-refractivity contribution >= 4 is 17.0 Å². The summed E-state index contributed by atoms with van der Waals surface area (Å²) in [5.41, 5.74) is 7.00. The molecule has 4 heterocycles. The number of rotatable bonds is 3. The maximum absolute atomic E-state index is 10.3. The summed E-state index contributed by atoms with van der Waals surface area (Å²) < 4.78 is 13.2. The molecule has 2 fully saturated rings. The molecule has 2 aliphatic heterocycles. The van der Waals surface area contributed by atoms with Crippen molar-refractivity contribution in [1.29, 1.82) is 0 Å². The minimum absolute atomic E-state index is 0.227.